The van der Waals surface area contributed by atoms with Crippen LogP contribution in [0.5, 0.6) is 17.2 Å². The van der Waals surface area contributed by atoms with Crippen molar-refractivity contribution in [3.05, 3.63) is 53.6 Å². The standard InChI is InChI=1S/C21H23N3O5S2/c1-27-18-10-14(2-7-17(18)29-12-19(22)25)11-23-24-20(26)13-28-16-5-3-15(4-6-16)21-30-8-9-31-21/h2-7,10-11,21H,8-9,12-13H2,1H3,(H2,22,25)(H,24,26)/b23-11-. The Morgan fingerprint density at radius 3 is 2.52 bits per heavy atom. The van der Waals surface area contributed by atoms with Crippen molar-refractivity contribution in [2.24, 2.45) is 10.8 Å². The second kappa shape index (κ2) is 11.5. The van der Waals surface area contributed by atoms with E-state index in [0.717, 1.165) is 0 Å². The SMILES string of the molecule is COc1cc(/C=N\NC(=O)COc2ccc(C3SCCS3)cc2)ccc1OCC(N)=O. The minimum absolute atomic E-state index is 0.146. The van der Waals surface area contributed by atoms with Crippen LogP contribution in [0.25, 0.3) is 0 Å². The highest BCUT2D eigenvalue weighted by atomic mass is 32.2. The lowest BCUT2D eigenvalue weighted by Crippen LogP contribution is -2.24. The number of rotatable bonds is 10. The Bertz CT molecular complexity index is 931. The van der Waals surface area contributed by atoms with Gasteiger partial charge in [-0.05, 0) is 41.5 Å². The maximum atomic E-state index is 12.0. The van der Waals surface area contributed by atoms with Gasteiger partial charge in [-0.15, -0.1) is 23.5 Å². The van der Waals surface area contributed by atoms with Gasteiger partial charge in [0.05, 0.1) is 17.9 Å². The molecule has 3 rings (SSSR count). The maximum absolute atomic E-state index is 12.0. The van der Waals surface area contributed by atoms with Gasteiger partial charge in [-0.2, -0.15) is 5.10 Å². The van der Waals surface area contributed by atoms with Crippen LogP contribution in [-0.2, 0) is 9.59 Å². The minimum Gasteiger partial charge on any atom is -0.493 e. The summed E-state index contributed by atoms with van der Waals surface area (Å²) in [5.74, 6) is 2.82. The topological polar surface area (TPSA) is 112 Å². The predicted octanol–water partition coefficient (Wildman–Crippen LogP) is 2.57. The molecule has 0 unspecified atom stereocenters. The molecule has 2 aromatic carbocycles. The van der Waals surface area contributed by atoms with E-state index in [4.69, 9.17) is 19.9 Å². The number of hydrogen-bond donors (Lipinski definition) is 2. The van der Waals surface area contributed by atoms with Gasteiger partial charge in [0.25, 0.3) is 11.8 Å². The summed E-state index contributed by atoms with van der Waals surface area (Å²) in [5.41, 5.74) is 9.42. The minimum atomic E-state index is -0.583. The number of nitrogens with zero attached hydrogens (tertiary/aromatic N) is 1. The van der Waals surface area contributed by atoms with Crippen molar-refractivity contribution in [2.45, 2.75) is 4.58 Å². The number of hydrazone groups is 1. The average molecular weight is 462 g/mol. The summed E-state index contributed by atoms with van der Waals surface area (Å²) >= 11 is 3.88. The number of carbonyl (C=O) groups excluding carboxylic acids is 2. The largest absolute Gasteiger partial charge is 0.493 e. The molecule has 0 aromatic heterocycles. The number of amides is 2. The zero-order chi connectivity index (χ0) is 22.1. The zero-order valence-electron chi connectivity index (χ0n) is 16.9. The van der Waals surface area contributed by atoms with Crippen LogP contribution in [0.15, 0.2) is 47.6 Å². The number of methoxy groups -OCH3 is 1. The van der Waals surface area contributed by atoms with E-state index in [-0.39, 0.29) is 19.1 Å². The first kappa shape index (κ1) is 22.8. The highest BCUT2D eigenvalue weighted by Crippen LogP contribution is 2.45. The van der Waals surface area contributed by atoms with Gasteiger partial charge in [-0.25, -0.2) is 5.43 Å². The molecule has 2 amide bonds. The van der Waals surface area contributed by atoms with E-state index < -0.39 is 5.91 Å². The van der Waals surface area contributed by atoms with Crippen LogP contribution in [0.2, 0.25) is 0 Å². The molecule has 0 radical (unpaired) electrons. The molecule has 0 saturated carbocycles. The third-order valence-corrected chi connectivity index (χ3v) is 7.21. The third kappa shape index (κ3) is 7.11. The molecule has 0 atom stereocenters. The summed E-state index contributed by atoms with van der Waals surface area (Å²) in [5, 5.41) is 3.92. The van der Waals surface area contributed by atoms with Gasteiger partial charge in [-0.3, -0.25) is 9.59 Å². The summed E-state index contributed by atoms with van der Waals surface area (Å²) in [6.07, 6.45) is 1.46. The highest BCUT2D eigenvalue weighted by molar-refractivity contribution is 8.19. The predicted molar refractivity (Wildman–Crippen MR) is 123 cm³/mol. The summed E-state index contributed by atoms with van der Waals surface area (Å²) < 4.78 is 16.5. The number of nitrogens with two attached hydrogens (primary N) is 1. The molecule has 2 aromatic rings. The first-order valence-corrected chi connectivity index (χ1v) is 11.5. The van der Waals surface area contributed by atoms with Crippen molar-refractivity contribution >= 4 is 41.6 Å². The first-order valence-electron chi connectivity index (χ1n) is 9.42. The molecule has 8 nitrogen and oxygen atoms in total. The van der Waals surface area contributed by atoms with Gasteiger partial charge in [0.2, 0.25) is 0 Å². The van der Waals surface area contributed by atoms with E-state index in [9.17, 15) is 9.59 Å². The Balaban J connectivity index is 1.46. The fourth-order valence-corrected chi connectivity index (χ4v) is 5.52. The Morgan fingerprint density at radius 2 is 1.84 bits per heavy atom. The van der Waals surface area contributed by atoms with Crippen molar-refractivity contribution in [2.75, 3.05) is 31.8 Å². The highest BCUT2D eigenvalue weighted by Gasteiger charge is 2.18. The van der Waals surface area contributed by atoms with Gasteiger partial charge >= 0.3 is 0 Å². The van der Waals surface area contributed by atoms with Gasteiger partial charge in [0.1, 0.15) is 5.75 Å². The van der Waals surface area contributed by atoms with Crippen LogP contribution >= 0.6 is 23.5 Å². The number of benzene rings is 2. The Labute approximate surface area is 188 Å². The van der Waals surface area contributed by atoms with Crippen LogP contribution < -0.4 is 25.4 Å². The van der Waals surface area contributed by atoms with Crippen molar-refractivity contribution in [3.63, 3.8) is 0 Å². The molecular weight excluding hydrogens is 438 g/mol. The lowest BCUT2D eigenvalue weighted by atomic mass is 10.2. The van der Waals surface area contributed by atoms with E-state index >= 15 is 0 Å². The van der Waals surface area contributed by atoms with E-state index in [1.165, 1.54) is 30.4 Å². The normalized spacial score (nSPS) is 13.8. The molecule has 10 heteroatoms. The van der Waals surface area contributed by atoms with Crippen molar-refractivity contribution in [3.8, 4) is 17.2 Å². The summed E-state index contributed by atoms with van der Waals surface area (Å²) in [4.78, 5) is 22.8. The van der Waals surface area contributed by atoms with E-state index in [1.807, 2.05) is 47.8 Å². The molecule has 31 heavy (non-hydrogen) atoms. The molecule has 3 N–H and O–H groups in total. The molecule has 1 fully saturated rings. The lowest BCUT2D eigenvalue weighted by Gasteiger charge is -2.10. The molecular formula is C21H23N3O5S2. The van der Waals surface area contributed by atoms with Crippen LogP contribution in [0.1, 0.15) is 15.7 Å². The summed E-state index contributed by atoms with van der Waals surface area (Å²) in [6, 6.07) is 12.8. The van der Waals surface area contributed by atoms with Crippen LogP contribution in [-0.4, -0.2) is 49.9 Å². The Kier molecular flexibility index (Phi) is 8.48. The molecule has 1 aliphatic heterocycles. The number of nitrogens with one attached hydrogen (secondary N) is 1. The fourth-order valence-electron chi connectivity index (χ4n) is 2.66. The van der Waals surface area contributed by atoms with Crippen LogP contribution in [0, 0.1) is 0 Å². The number of carbonyl (C=O) groups is 2. The first-order chi connectivity index (χ1) is 15.0. The van der Waals surface area contributed by atoms with E-state index in [2.05, 4.69) is 10.5 Å². The zero-order valence-corrected chi connectivity index (χ0v) is 18.5. The second-order valence-electron chi connectivity index (χ2n) is 6.39. The third-order valence-electron chi connectivity index (χ3n) is 4.10. The van der Waals surface area contributed by atoms with Crippen LogP contribution in [0.4, 0.5) is 0 Å². The van der Waals surface area contributed by atoms with E-state index in [0.29, 0.717) is 27.4 Å². The molecule has 1 aliphatic rings. The number of hydrogen-bond acceptors (Lipinski definition) is 8. The van der Waals surface area contributed by atoms with Crippen molar-refractivity contribution < 1.29 is 23.8 Å². The molecule has 0 bridgehead atoms. The molecule has 164 valence electrons. The van der Waals surface area contributed by atoms with Gasteiger partial charge in [0.15, 0.2) is 24.7 Å². The number of ether oxygens (including phenoxy) is 3. The second-order valence-corrected chi connectivity index (χ2v) is 9.11. The fraction of sp³-hybridized carbons (Fsp3) is 0.286. The monoisotopic (exact) mass is 461 g/mol. The molecule has 1 heterocycles. The van der Waals surface area contributed by atoms with Crippen molar-refractivity contribution in [1.29, 1.82) is 0 Å². The summed E-state index contributed by atoms with van der Waals surface area (Å²) in [6.45, 7) is -0.395. The van der Waals surface area contributed by atoms with Gasteiger partial charge in [-0.1, -0.05) is 12.1 Å². The molecule has 1 saturated heterocycles. The van der Waals surface area contributed by atoms with Gasteiger partial charge < -0.3 is 19.9 Å². The van der Waals surface area contributed by atoms with Crippen molar-refractivity contribution in [1.82, 2.24) is 5.43 Å². The Hall–Kier alpha value is -2.85. The van der Waals surface area contributed by atoms with Crippen LogP contribution in [0.3, 0.4) is 0 Å². The average Bonchev–Trinajstić information content (AvgIpc) is 3.32. The molecule has 0 spiro atoms. The van der Waals surface area contributed by atoms with E-state index in [1.54, 1.807) is 18.2 Å². The quantitative estimate of drug-likeness (QED) is 0.413. The smallest absolute Gasteiger partial charge is 0.277 e. The Morgan fingerprint density at radius 1 is 1.10 bits per heavy atom. The molecule has 0 aliphatic carbocycles. The van der Waals surface area contributed by atoms with Gasteiger partial charge in [0, 0.05) is 11.5 Å². The number of thioether (sulfide) groups is 2. The lowest BCUT2D eigenvalue weighted by molar-refractivity contribution is -0.123. The summed E-state index contributed by atoms with van der Waals surface area (Å²) in [7, 11) is 1.48. The maximum Gasteiger partial charge on any atom is 0.277 e. The number of primary amides is 1.